The van der Waals surface area contributed by atoms with E-state index in [1.165, 1.54) is 5.56 Å². The van der Waals surface area contributed by atoms with E-state index in [1.54, 1.807) is 14.2 Å². The standard InChI is InChI=1S/C22H29ClN4O2/c1-27-11-5-7-16(21(27)15-6-4-8-17(23)12-15)14-25-22(24)26-18-9-10-19(28-2)20(13-18)29-3/h4,6,8-10,12-13,16,21H,5,7,11,14H2,1-3H3,(H3,24,25,26). The molecule has 2 atom stereocenters. The molecule has 1 saturated heterocycles. The summed E-state index contributed by atoms with van der Waals surface area (Å²) >= 11 is 6.23. The van der Waals surface area contributed by atoms with Crippen LogP contribution in [0.5, 0.6) is 11.5 Å². The molecular formula is C22H29ClN4O2. The maximum atomic E-state index is 6.23. The van der Waals surface area contributed by atoms with Crippen LogP contribution < -0.4 is 20.5 Å². The number of nitrogens with zero attached hydrogens (tertiary/aromatic N) is 2. The lowest BCUT2D eigenvalue weighted by molar-refractivity contribution is 0.125. The number of methoxy groups -OCH3 is 2. The summed E-state index contributed by atoms with van der Waals surface area (Å²) in [4.78, 5) is 7.01. The molecule has 1 aliphatic heterocycles. The normalized spacial score (nSPS) is 20.3. The molecule has 156 valence electrons. The van der Waals surface area contributed by atoms with Gasteiger partial charge >= 0.3 is 0 Å². The summed E-state index contributed by atoms with van der Waals surface area (Å²) < 4.78 is 10.6. The number of likely N-dealkylation sites (tertiary alicyclic amines) is 1. The summed E-state index contributed by atoms with van der Waals surface area (Å²) in [7, 11) is 5.37. The summed E-state index contributed by atoms with van der Waals surface area (Å²) in [6.45, 7) is 1.71. The number of hydrogen-bond acceptors (Lipinski definition) is 4. The first-order chi connectivity index (χ1) is 14.0. The van der Waals surface area contributed by atoms with E-state index < -0.39 is 0 Å². The molecule has 3 rings (SSSR count). The van der Waals surface area contributed by atoms with Crippen molar-refractivity contribution in [1.82, 2.24) is 4.90 Å². The van der Waals surface area contributed by atoms with Gasteiger partial charge in [-0.1, -0.05) is 23.7 Å². The molecule has 0 aliphatic carbocycles. The summed E-state index contributed by atoms with van der Waals surface area (Å²) in [6, 6.07) is 13.9. The fourth-order valence-electron chi connectivity index (χ4n) is 3.99. The second kappa shape index (κ2) is 9.85. The highest BCUT2D eigenvalue weighted by atomic mass is 35.5. The number of benzene rings is 2. The lowest BCUT2D eigenvalue weighted by Crippen LogP contribution is -2.38. The average Bonchev–Trinajstić information content (AvgIpc) is 2.72. The number of halogens is 1. The second-order valence-corrected chi connectivity index (χ2v) is 7.74. The highest BCUT2D eigenvalue weighted by molar-refractivity contribution is 6.30. The van der Waals surface area contributed by atoms with Gasteiger partial charge in [0, 0.05) is 29.4 Å². The Kier molecular flexibility index (Phi) is 7.23. The van der Waals surface area contributed by atoms with Crippen LogP contribution in [0.4, 0.5) is 5.69 Å². The number of guanidine groups is 1. The zero-order chi connectivity index (χ0) is 20.8. The van der Waals surface area contributed by atoms with E-state index in [0.29, 0.717) is 29.9 Å². The van der Waals surface area contributed by atoms with E-state index in [9.17, 15) is 0 Å². The van der Waals surface area contributed by atoms with Crippen molar-refractivity contribution in [1.29, 1.82) is 0 Å². The van der Waals surface area contributed by atoms with Gasteiger partial charge in [-0.05, 0) is 62.2 Å². The first-order valence-corrected chi connectivity index (χ1v) is 10.1. The number of nitrogens with two attached hydrogens (primary N) is 1. The van der Waals surface area contributed by atoms with Crippen molar-refractivity contribution in [2.24, 2.45) is 16.6 Å². The van der Waals surface area contributed by atoms with Crippen molar-refractivity contribution >= 4 is 23.2 Å². The predicted molar refractivity (Wildman–Crippen MR) is 119 cm³/mol. The Labute approximate surface area is 177 Å². The third kappa shape index (κ3) is 5.34. The predicted octanol–water partition coefficient (Wildman–Crippen LogP) is 4.17. The fourth-order valence-corrected chi connectivity index (χ4v) is 4.18. The second-order valence-electron chi connectivity index (χ2n) is 7.30. The van der Waals surface area contributed by atoms with Gasteiger partial charge in [-0.2, -0.15) is 0 Å². The maximum absolute atomic E-state index is 6.23. The molecule has 2 aromatic rings. The topological polar surface area (TPSA) is 72.1 Å². The number of hydrogen-bond donors (Lipinski definition) is 2. The van der Waals surface area contributed by atoms with Crippen LogP contribution in [0.25, 0.3) is 0 Å². The largest absolute Gasteiger partial charge is 0.493 e. The van der Waals surface area contributed by atoms with Crippen LogP contribution >= 0.6 is 11.6 Å². The van der Waals surface area contributed by atoms with Crippen molar-refractivity contribution in [3.05, 3.63) is 53.1 Å². The molecule has 0 amide bonds. The Morgan fingerprint density at radius 3 is 2.72 bits per heavy atom. The van der Waals surface area contributed by atoms with Crippen molar-refractivity contribution in [2.75, 3.05) is 39.7 Å². The van der Waals surface area contributed by atoms with Crippen LogP contribution in [0, 0.1) is 5.92 Å². The highest BCUT2D eigenvalue weighted by Gasteiger charge is 2.30. The molecule has 6 nitrogen and oxygen atoms in total. The molecule has 0 saturated carbocycles. The number of piperidine rings is 1. The van der Waals surface area contributed by atoms with E-state index >= 15 is 0 Å². The molecular weight excluding hydrogens is 388 g/mol. The number of ether oxygens (including phenoxy) is 2. The molecule has 0 radical (unpaired) electrons. The molecule has 0 spiro atoms. The Hall–Kier alpha value is -2.44. The molecule has 0 bridgehead atoms. The van der Waals surface area contributed by atoms with Crippen LogP contribution in [-0.2, 0) is 0 Å². The van der Waals surface area contributed by atoms with Gasteiger partial charge in [-0.3, -0.25) is 9.89 Å². The van der Waals surface area contributed by atoms with Gasteiger partial charge in [0.15, 0.2) is 17.5 Å². The van der Waals surface area contributed by atoms with Gasteiger partial charge in [-0.25, -0.2) is 0 Å². The van der Waals surface area contributed by atoms with Crippen molar-refractivity contribution in [2.45, 2.75) is 18.9 Å². The van der Waals surface area contributed by atoms with Crippen LogP contribution in [0.2, 0.25) is 5.02 Å². The number of rotatable bonds is 6. The molecule has 29 heavy (non-hydrogen) atoms. The minimum absolute atomic E-state index is 0.278. The maximum Gasteiger partial charge on any atom is 0.193 e. The van der Waals surface area contributed by atoms with Crippen molar-refractivity contribution in [3.63, 3.8) is 0 Å². The Morgan fingerprint density at radius 2 is 2.00 bits per heavy atom. The quantitative estimate of drug-likeness (QED) is 0.546. The zero-order valence-electron chi connectivity index (χ0n) is 17.2. The summed E-state index contributed by atoms with van der Waals surface area (Å²) in [5.41, 5.74) is 8.19. The van der Waals surface area contributed by atoms with E-state index in [1.807, 2.05) is 30.3 Å². The molecule has 1 fully saturated rings. The van der Waals surface area contributed by atoms with Crippen LogP contribution in [-0.4, -0.2) is 45.2 Å². The SMILES string of the molecule is COc1ccc(NC(N)=NCC2CCCN(C)C2c2cccc(Cl)c2)cc1OC. The molecule has 7 heteroatoms. The van der Waals surface area contributed by atoms with Gasteiger partial charge in [0.25, 0.3) is 0 Å². The molecule has 2 aromatic carbocycles. The molecule has 1 aliphatic rings. The number of aliphatic imine (C=N–C) groups is 1. The summed E-state index contributed by atoms with van der Waals surface area (Å²) in [5, 5.41) is 3.90. The summed E-state index contributed by atoms with van der Waals surface area (Å²) in [6.07, 6.45) is 2.26. The summed E-state index contributed by atoms with van der Waals surface area (Å²) in [5.74, 6) is 2.07. The smallest absolute Gasteiger partial charge is 0.193 e. The fraction of sp³-hybridized carbons (Fsp3) is 0.409. The molecule has 1 heterocycles. The number of anilines is 1. The van der Waals surface area contributed by atoms with E-state index in [4.69, 9.17) is 26.8 Å². The third-order valence-electron chi connectivity index (χ3n) is 5.35. The van der Waals surface area contributed by atoms with Gasteiger partial charge in [0.1, 0.15) is 0 Å². The van der Waals surface area contributed by atoms with Gasteiger partial charge in [0.2, 0.25) is 0 Å². The average molecular weight is 417 g/mol. The minimum Gasteiger partial charge on any atom is -0.493 e. The lowest BCUT2D eigenvalue weighted by Gasteiger charge is -2.39. The monoisotopic (exact) mass is 416 g/mol. The van der Waals surface area contributed by atoms with Crippen LogP contribution in [0.1, 0.15) is 24.4 Å². The highest BCUT2D eigenvalue weighted by Crippen LogP contribution is 2.36. The molecule has 3 N–H and O–H groups in total. The first-order valence-electron chi connectivity index (χ1n) is 9.76. The van der Waals surface area contributed by atoms with Crippen molar-refractivity contribution in [3.8, 4) is 11.5 Å². The van der Waals surface area contributed by atoms with Gasteiger partial charge < -0.3 is 20.5 Å². The Balaban J connectivity index is 1.71. The van der Waals surface area contributed by atoms with E-state index in [2.05, 4.69) is 34.4 Å². The zero-order valence-corrected chi connectivity index (χ0v) is 17.9. The minimum atomic E-state index is 0.278. The van der Waals surface area contributed by atoms with Gasteiger partial charge in [0.05, 0.1) is 14.2 Å². The Bertz CT molecular complexity index is 858. The Morgan fingerprint density at radius 1 is 1.21 bits per heavy atom. The van der Waals surface area contributed by atoms with E-state index in [-0.39, 0.29) is 6.04 Å². The lowest BCUT2D eigenvalue weighted by atomic mass is 9.85. The third-order valence-corrected chi connectivity index (χ3v) is 5.58. The van der Waals surface area contributed by atoms with E-state index in [0.717, 1.165) is 30.1 Å². The molecule has 2 unspecified atom stereocenters. The van der Waals surface area contributed by atoms with Crippen LogP contribution in [0.3, 0.4) is 0 Å². The number of nitrogens with one attached hydrogen (secondary N) is 1. The van der Waals surface area contributed by atoms with Crippen LogP contribution in [0.15, 0.2) is 47.5 Å². The van der Waals surface area contributed by atoms with Crippen molar-refractivity contribution < 1.29 is 9.47 Å². The van der Waals surface area contributed by atoms with Gasteiger partial charge in [-0.15, -0.1) is 0 Å². The molecule has 0 aromatic heterocycles. The first kappa shape index (κ1) is 21.3.